The van der Waals surface area contributed by atoms with Crippen LogP contribution in [0.5, 0.6) is 0 Å². The van der Waals surface area contributed by atoms with Crippen LogP contribution in [0.2, 0.25) is 0 Å². The molecule has 0 spiro atoms. The van der Waals surface area contributed by atoms with Gasteiger partial charge in [0.25, 0.3) is 5.91 Å². The van der Waals surface area contributed by atoms with Crippen molar-refractivity contribution in [3.8, 4) is 12.1 Å². The van der Waals surface area contributed by atoms with Crippen molar-refractivity contribution in [1.82, 2.24) is 0 Å². The molecule has 4 atom stereocenters. The Bertz CT molecular complexity index is 564. The van der Waals surface area contributed by atoms with Crippen LogP contribution in [0.25, 0.3) is 0 Å². The first kappa shape index (κ1) is 10.0. The largest absolute Gasteiger partial charge is 0.386 e. The number of allylic oxidation sites excluding steroid dienone is 2. The molecule has 4 rings (SSSR count). The second-order valence-corrected chi connectivity index (χ2v) is 4.82. The highest BCUT2D eigenvalue weighted by molar-refractivity contribution is 6.12. The lowest BCUT2D eigenvalue weighted by Crippen LogP contribution is -2.59. The zero-order valence-corrected chi connectivity index (χ0v) is 9.05. The number of carbonyl (C=O) groups excluding carboxylic acids is 1. The van der Waals surface area contributed by atoms with Crippen LogP contribution in [0, 0.1) is 45.3 Å². The molecule has 3 aliphatic carbocycles. The summed E-state index contributed by atoms with van der Waals surface area (Å²) < 4.78 is 0. The van der Waals surface area contributed by atoms with Crippen LogP contribution in [0.1, 0.15) is 12.8 Å². The first-order chi connectivity index (χ1) is 8.13. The van der Waals surface area contributed by atoms with Crippen LogP contribution in [-0.2, 0) is 4.79 Å². The molecule has 4 aliphatic rings. The van der Waals surface area contributed by atoms with Gasteiger partial charge in [0.05, 0.1) is 12.1 Å². The van der Waals surface area contributed by atoms with Crippen molar-refractivity contribution in [2.75, 3.05) is 0 Å². The van der Waals surface area contributed by atoms with E-state index in [1.807, 2.05) is 12.2 Å². The first-order valence-electron chi connectivity index (χ1n) is 5.53. The molecule has 0 radical (unpaired) electrons. The van der Waals surface area contributed by atoms with Crippen molar-refractivity contribution < 1.29 is 4.79 Å². The van der Waals surface area contributed by atoms with Crippen LogP contribution in [0.15, 0.2) is 17.1 Å². The molecule has 2 N–H and O–H groups in total. The molecule has 0 saturated heterocycles. The van der Waals surface area contributed by atoms with Crippen LogP contribution >= 0.6 is 0 Å². The van der Waals surface area contributed by atoms with E-state index in [1.165, 1.54) is 0 Å². The molecule has 0 unspecified atom stereocenters. The molecule has 0 aromatic rings. The summed E-state index contributed by atoms with van der Waals surface area (Å²) in [5.41, 5.74) is 3.17. The summed E-state index contributed by atoms with van der Waals surface area (Å²) in [4.78, 5) is 15.8. The van der Waals surface area contributed by atoms with Gasteiger partial charge in [-0.2, -0.15) is 15.5 Å². The zero-order chi connectivity index (χ0) is 12.3. The maximum Gasteiger partial charge on any atom is 0.270 e. The highest BCUT2D eigenvalue weighted by atomic mass is 16.2. The van der Waals surface area contributed by atoms with E-state index < -0.39 is 16.7 Å². The van der Waals surface area contributed by atoms with E-state index >= 15 is 0 Å². The van der Waals surface area contributed by atoms with Crippen molar-refractivity contribution in [3.05, 3.63) is 12.2 Å². The Morgan fingerprint density at radius 1 is 1.24 bits per heavy atom. The number of carbonyl (C=O) groups is 1. The summed E-state index contributed by atoms with van der Waals surface area (Å²) in [6.07, 6.45) is 5.31. The number of amidine groups is 1. The molecule has 1 fully saturated rings. The molecule has 1 saturated carbocycles. The van der Waals surface area contributed by atoms with Gasteiger partial charge in [0.2, 0.25) is 0 Å². The molecule has 5 nitrogen and oxygen atoms in total. The predicted molar refractivity (Wildman–Crippen MR) is 58.1 cm³/mol. The van der Waals surface area contributed by atoms with Gasteiger partial charge < -0.3 is 5.73 Å². The van der Waals surface area contributed by atoms with Crippen molar-refractivity contribution in [3.63, 3.8) is 0 Å². The molecular formula is C12H10N4O. The maximum atomic E-state index is 12.1. The number of fused-ring (bicyclic) bond motifs is 1. The molecular weight excluding hydrogens is 216 g/mol. The number of nitriles is 2. The fourth-order valence-electron chi connectivity index (χ4n) is 3.58. The monoisotopic (exact) mass is 226 g/mol. The smallest absolute Gasteiger partial charge is 0.270 e. The Balaban J connectivity index is 2.37. The van der Waals surface area contributed by atoms with E-state index in [0.717, 1.165) is 12.8 Å². The van der Waals surface area contributed by atoms with Gasteiger partial charge in [0.1, 0.15) is 11.3 Å². The quantitative estimate of drug-likeness (QED) is 0.607. The Kier molecular flexibility index (Phi) is 1.63. The summed E-state index contributed by atoms with van der Waals surface area (Å²) in [6.45, 7) is 0. The van der Waals surface area contributed by atoms with Gasteiger partial charge in [0.15, 0.2) is 5.41 Å². The van der Waals surface area contributed by atoms with Crippen molar-refractivity contribution in [2.24, 2.45) is 33.4 Å². The predicted octanol–water partition coefficient (Wildman–Crippen LogP) is 0.500. The van der Waals surface area contributed by atoms with E-state index in [4.69, 9.17) is 5.73 Å². The summed E-state index contributed by atoms with van der Waals surface area (Å²) >= 11 is 0. The van der Waals surface area contributed by atoms with Crippen molar-refractivity contribution >= 4 is 11.7 Å². The van der Waals surface area contributed by atoms with Gasteiger partial charge in [-0.25, -0.2) is 0 Å². The molecule has 5 heteroatoms. The highest BCUT2D eigenvalue weighted by Crippen LogP contribution is 2.63. The molecule has 0 aromatic heterocycles. The van der Waals surface area contributed by atoms with Crippen LogP contribution in [0.3, 0.4) is 0 Å². The molecule has 1 heterocycles. The molecule has 2 bridgehead atoms. The maximum absolute atomic E-state index is 12.1. The van der Waals surface area contributed by atoms with Gasteiger partial charge in [-0.1, -0.05) is 12.2 Å². The van der Waals surface area contributed by atoms with Gasteiger partial charge in [0, 0.05) is 11.8 Å². The van der Waals surface area contributed by atoms with E-state index in [0.29, 0.717) is 0 Å². The van der Waals surface area contributed by atoms with E-state index in [1.54, 1.807) is 0 Å². The van der Waals surface area contributed by atoms with Crippen molar-refractivity contribution in [2.45, 2.75) is 12.8 Å². The third-order valence-electron chi connectivity index (χ3n) is 4.41. The van der Waals surface area contributed by atoms with Gasteiger partial charge in [-0.05, 0) is 12.8 Å². The second kappa shape index (κ2) is 2.75. The lowest BCUT2D eigenvalue weighted by molar-refractivity contribution is -0.131. The average Bonchev–Trinajstić information content (AvgIpc) is 2.61. The zero-order valence-electron chi connectivity index (χ0n) is 9.05. The van der Waals surface area contributed by atoms with Gasteiger partial charge >= 0.3 is 0 Å². The van der Waals surface area contributed by atoms with Crippen LogP contribution in [0.4, 0.5) is 0 Å². The minimum absolute atomic E-state index is 0.0191. The molecule has 84 valence electrons. The number of aliphatic imine (C=N–C) groups is 1. The molecule has 0 aromatic carbocycles. The Labute approximate surface area is 98.2 Å². The number of hydrogen-bond donors (Lipinski definition) is 1. The van der Waals surface area contributed by atoms with Gasteiger partial charge in [-0.3, -0.25) is 4.79 Å². The summed E-state index contributed by atoms with van der Waals surface area (Å²) in [7, 11) is 0. The lowest BCUT2D eigenvalue weighted by atomic mass is 9.46. The molecule has 17 heavy (non-hydrogen) atoms. The minimum Gasteiger partial charge on any atom is -0.386 e. The molecule has 1 amide bonds. The first-order valence-corrected chi connectivity index (χ1v) is 5.53. The number of nitrogens with zero attached hydrogens (tertiary/aromatic N) is 3. The fraction of sp³-hybridized carbons (Fsp3) is 0.500. The van der Waals surface area contributed by atoms with E-state index in [2.05, 4.69) is 17.1 Å². The number of hydrogen-bond acceptors (Lipinski definition) is 4. The van der Waals surface area contributed by atoms with E-state index in [9.17, 15) is 15.3 Å². The standard InChI is InChI=1S/C12H10N4O/c13-5-11-7-1-3-8(4-2-7)12(11,6-14)10(17)16-9(11)15/h1,3,7-8H,2,4H2,(H2,15,16,17)/t7-,8-,11-,12+/m1/s1. The third-order valence-corrected chi connectivity index (χ3v) is 4.41. The Hall–Kier alpha value is -2.14. The second-order valence-electron chi connectivity index (χ2n) is 4.82. The lowest BCUT2D eigenvalue weighted by Gasteiger charge is -2.50. The van der Waals surface area contributed by atoms with Crippen LogP contribution in [-0.4, -0.2) is 11.7 Å². The van der Waals surface area contributed by atoms with Crippen LogP contribution < -0.4 is 5.73 Å². The highest BCUT2D eigenvalue weighted by Gasteiger charge is 2.73. The van der Waals surface area contributed by atoms with E-state index in [-0.39, 0.29) is 17.7 Å². The third kappa shape index (κ3) is 0.754. The Morgan fingerprint density at radius 3 is 2.18 bits per heavy atom. The fourth-order valence-corrected chi connectivity index (χ4v) is 3.58. The SMILES string of the molecule is N#C[C@@]12C(N)=NC(=O)[C@]1(C#N)[C@@H]1C=C[C@@H]2CC1. The van der Waals surface area contributed by atoms with Crippen molar-refractivity contribution in [1.29, 1.82) is 10.5 Å². The minimum atomic E-state index is -1.39. The average molecular weight is 226 g/mol. The summed E-state index contributed by atoms with van der Waals surface area (Å²) in [5, 5.41) is 19.0. The normalized spacial score (nSPS) is 46.0. The van der Waals surface area contributed by atoms with Gasteiger partial charge in [-0.15, -0.1) is 0 Å². The number of amides is 1. The number of rotatable bonds is 0. The Morgan fingerprint density at radius 2 is 1.76 bits per heavy atom. The summed E-state index contributed by atoms with van der Waals surface area (Å²) in [6, 6.07) is 4.20. The number of nitrogens with two attached hydrogens (primary N) is 1. The topological polar surface area (TPSA) is 103 Å². The summed E-state index contributed by atoms with van der Waals surface area (Å²) in [5.74, 6) is -0.939. The molecule has 1 aliphatic heterocycles.